The first-order valence-electron chi connectivity index (χ1n) is 10.1. The second-order valence-electron chi connectivity index (χ2n) is 7.70. The molecule has 7 nitrogen and oxygen atoms in total. The first kappa shape index (κ1) is 19.8. The van der Waals surface area contributed by atoms with E-state index in [1.807, 2.05) is 12.1 Å². The van der Waals surface area contributed by atoms with Crippen LogP contribution in [0, 0.1) is 0 Å². The highest BCUT2D eigenvalue weighted by molar-refractivity contribution is 7.15. The molecule has 0 spiro atoms. The number of thiazole rings is 1. The summed E-state index contributed by atoms with van der Waals surface area (Å²) in [6.07, 6.45) is 4.97. The number of aromatic carboxylic acids is 1. The minimum absolute atomic E-state index is 0.167. The molecule has 1 saturated heterocycles. The molecule has 8 heteroatoms. The van der Waals surface area contributed by atoms with Crippen LogP contribution in [0.3, 0.4) is 0 Å². The molecule has 0 bridgehead atoms. The number of carboxylic acid groups (broad SMARTS) is 1. The van der Waals surface area contributed by atoms with Crippen LogP contribution in [0.25, 0.3) is 0 Å². The Balaban J connectivity index is 1.51. The van der Waals surface area contributed by atoms with Gasteiger partial charge >= 0.3 is 5.97 Å². The highest BCUT2D eigenvalue weighted by Gasteiger charge is 2.26. The number of nitrogens with two attached hydrogens (primary N) is 1. The standard InChI is InChI=1S/C21H26N4O3S/c22-19(26)15-6-3-5-14-8-12-25(13-16(14)15)21-23-18(20(27)28)17(29-21)7-4-11-24-9-1-2-10-24/h3,5-6H,1-2,4,7-13H2,(H2,22,26)(H,27,28). The van der Waals surface area contributed by atoms with Crippen LogP contribution in [0.2, 0.25) is 0 Å². The third-order valence-electron chi connectivity index (χ3n) is 5.77. The first-order valence-corrected chi connectivity index (χ1v) is 11.0. The maximum absolute atomic E-state index is 11.8. The number of aryl methyl sites for hydroxylation is 1. The minimum Gasteiger partial charge on any atom is -0.476 e. The van der Waals surface area contributed by atoms with Crippen molar-refractivity contribution in [1.82, 2.24) is 9.88 Å². The molecule has 0 radical (unpaired) electrons. The van der Waals surface area contributed by atoms with E-state index in [-0.39, 0.29) is 5.69 Å². The second-order valence-corrected chi connectivity index (χ2v) is 8.77. The molecular weight excluding hydrogens is 388 g/mol. The van der Waals surface area contributed by atoms with E-state index in [1.165, 1.54) is 24.2 Å². The Hall–Kier alpha value is -2.45. The van der Waals surface area contributed by atoms with E-state index in [2.05, 4.69) is 14.8 Å². The smallest absolute Gasteiger partial charge is 0.355 e. The van der Waals surface area contributed by atoms with Crippen molar-refractivity contribution in [2.75, 3.05) is 31.1 Å². The number of amides is 1. The summed E-state index contributed by atoms with van der Waals surface area (Å²) in [4.78, 5) is 33.3. The number of rotatable bonds is 7. The quantitative estimate of drug-likeness (QED) is 0.722. The average Bonchev–Trinajstić information content (AvgIpc) is 3.37. The first-order chi connectivity index (χ1) is 14.0. The zero-order valence-corrected chi connectivity index (χ0v) is 17.2. The van der Waals surface area contributed by atoms with Crippen molar-refractivity contribution in [1.29, 1.82) is 0 Å². The summed E-state index contributed by atoms with van der Waals surface area (Å²) in [5, 5.41) is 10.3. The fourth-order valence-corrected chi connectivity index (χ4v) is 5.37. The number of hydrogen-bond donors (Lipinski definition) is 2. The van der Waals surface area contributed by atoms with Crippen molar-refractivity contribution in [2.24, 2.45) is 5.73 Å². The van der Waals surface area contributed by atoms with Gasteiger partial charge in [0.05, 0.1) is 0 Å². The Morgan fingerprint density at radius 1 is 1.21 bits per heavy atom. The van der Waals surface area contributed by atoms with Crippen LogP contribution in [0.15, 0.2) is 18.2 Å². The number of aromatic nitrogens is 1. The van der Waals surface area contributed by atoms with Crippen LogP contribution in [0.5, 0.6) is 0 Å². The van der Waals surface area contributed by atoms with Gasteiger partial charge in [-0.1, -0.05) is 12.1 Å². The van der Waals surface area contributed by atoms with Gasteiger partial charge in [0.2, 0.25) is 5.91 Å². The number of likely N-dealkylation sites (tertiary alicyclic amines) is 1. The van der Waals surface area contributed by atoms with Crippen LogP contribution in [-0.2, 0) is 19.4 Å². The summed E-state index contributed by atoms with van der Waals surface area (Å²) in [6.45, 7) is 4.57. The fourth-order valence-electron chi connectivity index (χ4n) is 4.26. The third kappa shape index (κ3) is 4.28. The molecule has 2 aliphatic rings. The summed E-state index contributed by atoms with van der Waals surface area (Å²) in [5.74, 6) is -1.41. The van der Waals surface area contributed by atoms with Crippen molar-refractivity contribution in [3.8, 4) is 0 Å². The molecule has 1 aromatic heterocycles. The Kier molecular flexibility index (Phi) is 5.82. The van der Waals surface area contributed by atoms with Crippen LogP contribution in [0.4, 0.5) is 5.13 Å². The Morgan fingerprint density at radius 2 is 2.00 bits per heavy atom. The number of primary amides is 1. The molecule has 1 amide bonds. The van der Waals surface area contributed by atoms with E-state index in [0.717, 1.165) is 61.4 Å². The van der Waals surface area contributed by atoms with Gasteiger partial charge in [-0.25, -0.2) is 9.78 Å². The van der Waals surface area contributed by atoms with Gasteiger partial charge < -0.3 is 20.6 Å². The van der Waals surface area contributed by atoms with Crippen LogP contribution in [-0.4, -0.2) is 53.0 Å². The van der Waals surface area contributed by atoms with Crippen molar-refractivity contribution in [3.63, 3.8) is 0 Å². The number of fused-ring (bicyclic) bond motifs is 1. The molecule has 3 heterocycles. The molecule has 29 heavy (non-hydrogen) atoms. The predicted octanol–water partition coefficient (Wildman–Crippen LogP) is 2.53. The summed E-state index contributed by atoms with van der Waals surface area (Å²) in [7, 11) is 0. The SMILES string of the molecule is NC(=O)c1cccc2c1CN(c1nc(C(=O)O)c(CCCN3CCCC3)s1)CC2. The molecular formula is C21H26N4O3S. The van der Waals surface area contributed by atoms with Crippen molar-refractivity contribution in [2.45, 2.75) is 38.6 Å². The Morgan fingerprint density at radius 3 is 2.72 bits per heavy atom. The maximum atomic E-state index is 11.8. The molecule has 0 saturated carbocycles. The maximum Gasteiger partial charge on any atom is 0.355 e. The van der Waals surface area contributed by atoms with Gasteiger partial charge in [-0.3, -0.25) is 4.79 Å². The lowest BCUT2D eigenvalue weighted by molar-refractivity contribution is 0.0690. The lowest BCUT2D eigenvalue weighted by Gasteiger charge is -2.29. The van der Waals surface area contributed by atoms with Crippen molar-refractivity contribution in [3.05, 3.63) is 45.5 Å². The van der Waals surface area contributed by atoms with E-state index in [0.29, 0.717) is 17.2 Å². The van der Waals surface area contributed by atoms with Gasteiger partial charge in [0.1, 0.15) is 0 Å². The molecule has 0 aliphatic carbocycles. The van der Waals surface area contributed by atoms with E-state index < -0.39 is 11.9 Å². The molecule has 1 aromatic carbocycles. The average molecular weight is 415 g/mol. The molecule has 154 valence electrons. The van der Waals surface area contributed by atoms with E-state index in [9.17, 15) is 14.7 Å². The Labute approximate surface area is 174 Å². The third-order valence-corrected chi connectivity index (χ3v) is 6.95. The molecule has 4 rings (SSSR count). The van der Waals surface area contributed by atoms with Crippen LogP contribution >= 0.6 is 11.3 Å². The van der Waals surface area contributed by atoms with Gasteiger partial charge in [0.25, 0.3) is 0 Å². The number of anilines is 1. The van der Waals surface area contributed by atoms with Crippen LogP contribution in [0.1, 0.15) is 56.1 Å². The summed E-state index contributed by atoms with van der Waals surface area (Å²) in [5.41, 5.74) is 8.30. The Bertz CT molecular complexity index is 921. The number of hydrogen-bond acceptors (Lipinski definition) is 6. The summed E-state index contributed by atoms with van der Waals surface area (Å²) < 4.78 is 0. The molecule has 0 atom stereocenters. The fraction of sp³-hybridized carbons (Fsp3) is 0.476. The normalized spacial score (nSPS) is 16.8. The van der Waals surface area contributed by atoms with Gasteiger partial charge in [-0.05, 0) is 68.9 Å². The highest BCUT2D eigenvalue weighted by atomic mass is 32.1. The van der Waals surface area contributed by atoms with Crippen molar-refractivity contribution < 1.29 is 14.7 Å². The molecule has 2 aliphatic heterocycles. The zero-order chi connectivity index (χ0) is 20.4. The highest BCUT2D eigenvalue weighted by Crippen LogP contribution is 2.32. The summed E-state index contributed by atoms with van der Waals surface area (Å²) in [6, 6.07) is 5.63. The van der Waals surface area contributed by atoms with Gasteiger partial charge in [0.15, 0.2) is 10.8 Å². The van der Waals surface area contributed by atoms with Crippen molar-refractivity contribution >= 4 is 28.3 Å². The molecule has 0 unspecified atom stereocenters. The van der Waals surface area contributed by atoms with Gasteiger partial charge in [0, 0.05) is 23.5 Å². The largest absolute Gasteiger partial charge is 0.476 e. The molecule has 2 aromatic rings. The monoisotopic (exact) mass is 414 g/mol. The number of benzene rings is 1. The van der Waals surface area contributed by atoms with E-state index in [1.54, 1.807) is 6.07 Å². The van der Waals surface area contributed by atoms with Gasteiger partial charge in [-0.2, -0.15) is 0 Å². The number of nitrogens with zero attached hydrogens (tertiary/aromatic N) is 3. The molecule has 3 N–H and O–H groups in total. The number of carbonyl (C=O) groups excluding carboxylic acids is 1. The molecule has 1 fully saturated rings. The predicted molar refractivity (Wildman–Crippen MR) is 113 cm³/mol. The van der Waals surface area contributed by atoms with Gasteiger partial charge in [-0.15, -0.1) is 11.3 Å². The lowest BCUT2D eigenvalue weighted by atomic mass is 9.95. The van der Waals surface area contributed by atoms with E-state index >= 15 is 0 Å². The topological polar surface area (TPSA) is 99.8 Å². The van der Waals surface area contributed by atoms with Crippen LogP contribution < -0.4 is 10.6 Å². The summed E-state index contributed by atoms with van der Waals surface area (Å²) >= 11 is 1.47. The zero-order valence-electron chi connectivity index (χ0n) is 16.4. The second kappa shape index (κ2) is 8.51. The number of carboxylic acids is 1. The lowest BCUT2D eigenvalue weighted by Crippen LogP contribution is -2.32. The number of carbonyl (C=O) groups is 2. The minimum atomic E-state index is -0.973. The van der Waals surface area contributed by atoms with E-state index in [4.69, 9.17) is 5.73 Å².